The first-order valence-corrected chi connectivity index (χ1v) is 18.6. The van der Waals surface area contributed by atoms with Crippen molar-refractivity contribution in [1.29, 1.82) is 0 Å². The van der Waals surface area contributed by atoms with E-state index in [1.807, 2.05) is 24.5 Å². The maximum atomic E-state index is 13.2. The third kappa shape index (κ3) is 7.85. The zero-order valence-electron chi connectivity index (χ0n) is 30.6. The Morgan fingerprint density at radius 2 is 1.04 bits per heavy atom. The molecule has 10 rings (SSSR count). The highest BCUT2D eigenvalue weighted by atomic mass is 19.1. The van der Waals surface area contributed by atoms with Gasteiger partial charge < -0.3 is 31.2 Å². The van der Waals surface area contributed by atoms with Crippen LogP contribution in [0.3, 0.4) is 0 Å². The number of alkyl halides is 2. The molecule has 0 amide bonds. The molecule has 2 aliphatic rings. The average Bonchev–Trinajstić information content (AvgIpc) is 3.68. The molecule has 6 aromatic heterocycles. The van der Waals surface area contributed by atoms with Gasteiger partial charge in [0.2, 0.25) is 11.9 Å². The van der Waals surface area contributed by atoms with E-state index in [4.69, 9.17) is 0 Å². The smallest absolute Gasteiger partial charge is 0.225 e. The van der Waals surface area contributed by atoms with E-state index in [0.717, 1.165) is 33.5 Å². The van der Waals surface area contributed by atoms with Crippen molar-refractivity contribution in [3.63, 3.8) is 0 Å². The lowest BCUT2D eigenvalue weighted by atomic mass is 10.1. The maximum Gasteiger partial charge on any atom is 0.225 e. The van der Waals surface area contributed by atoms with E-state index in [1.165, 1.54) is 10.8 Å². The van der Waals surface area contributed by atoms with Gasteiger partial charge in [-0.15, -0.1) is 0 Å². The Bertz CT molecular complexity index is 2410. The Hall–Kier alpha value is -6.84. The van der Waals surface area contributed by atoms with Gasteiger partial charge in [0.15, 0.2) is 11.6 Å². The van der Waals surface area contributed by atoms with Crippen molar-refractivity contribution in [2.24, 2.45) is 0 Å². The van der Waals surface area contributed by atoms with Crippen LogP contribution in [-0.2, 0) is 0 Å². The van der Waals surface area contributed by atoms with Gasteiger partial charge in [0.25, 0.3) is 0 Å². The van der Waals surface area contributed by atoms with Crippen LogP contribution in [0.15, 0.2) is 97.6 Å². The highest BCUT2D eigenvalue weighted by molar-refractivity contribution is 5.81. The molecule has 14 nitrogen and oxygen atoms in total. The molecule has 8 N–H and O–H groups in total. The molecule has 0 spiro atoms. The number of fused-ring (bicyclic) bond motifs is 2. The summed E-state index contributed by atoms with van der Waals surface area (Å²) >= 11 is 0. The third-order valence-electron chi connectivity index (χ3n) is 10.1. The number of rotatable bonds is 12. The second-order valence-electron chi connectivity index (χ2n) is 14.3. The highest BCUT2D eigenvalue weighted by Crippen LogP contribution is 2.44. The van der Waals surface area contributed by atoms with Crippen LogP contribution in [0.1, 0.15) is 73.1 Å². The van der Waals surface area contributed by atoms with Crippen LogP contribution in [0, 0.1) is 0 Å². The van der Waals surface area contributed by atoms with E-state index in [0.29, 0.717) is 48.0 Å². The topological polar surface area (TPSA) is 189 Å². The summed E-state index contributed by atoms with van der Waals surface area (Å²) in [5, 5.41) is 29.4. The summed E-state index contributed by atoms with van der Waals surface area (Å²) in [6.45, 7) is 4.14. The van der Waals surface area contributed by atoms with Crippen LogP contribution in [0.2, 0.25) is 0 Å². The molecule has 2 fully saturated rings. The Kier molecular flexibility index (Phi) is 9.20. The van der Waals surface area contributed by atoms with Crippen LogP contribution >= 0.6 is 0 Å². The zero-order valence-corrected chi connectivity index (χ0v) is 30.6. The van der Waals surface area contributed by atoms with Crippen molar-refractivity contribution in [1.82, 2.24) is 50.3 Å². The molecular formula is C40H40F2N14. The van der Waals surface area contributed by atoms with Gasteiger partial charge in [-0.3, -0.25) is 10.2 Å². The van der Waals surface area contributed by atoms with Crippen LogP contribution in [0.25, 0.3) is 21.8 Å². The Labute approximate surface area is 319 Å². The van der Waals surface area contributed by atoms with Crippen molar-refractivity contribution in [2.45, 2.75) is 63.0 Å². The fourth-order valence-electron chi connectivity index (χ4n) is 6.65. The number of nitrogens with zero attached hydrogens (tertiary/aromatic N) is 6. The first-order chi connectivity index (χ1) is 27.3. The van der Waals surface area contributed by atoms with Crippen LogP contribution < -0.4 is 21.3 Å². The van der Waals surface area contributed by atoms with E-state index in [9.17, 15) is 8.78 Å². The third-order valence-corrected chi connectivity index (χ3v) is 10.1. The molecule has 8 aromatic rings. The van der Waals surface area contributed by atoms with Gasteiger partial charge in [-0.05, 0) is 97.1 Å². The summed E-state index contributed by atoms with van der Waals surface area (Å²) in [4.78, 5) is 24.0. The van der Waals surface area contributed by atoms with Gasteiger partial charge in [-0.1, -0.05) is 12.1 Å². The van der Waals surface area contributed by atoms with Gasteiger partial charge in [0.05, 0.1) is 12.1 Å². The lowest BCUT2D eigenvalue weighted by Crippen LogP contribution is -2.10. The maximum absolute atomic E-state index is 13.2. The molecule has 6 heterocycles. The molecule has 2 aromatic carbocycles. The van der Waals surface area contributed by atoms with Gasteiger partial charge in [0, 0.05) is 71.2 Å². The molecule has 2 saturated carbocycles. The fraction of sp³-hybridized carbons (Fsp3) is 0.250. The fourth-order valence-corrected chi connectivity index (χ4v) is 6.65. The van der Waals surface area contributed by atoms with E-state index in [1.54, 1.807) is 24.5 Å². The predicted molar refractivity (Wildman–Crippen MR) is 213 cm³/mol. The second-order valence-corrected chi connectivity index (χ2v) is 14.3. The van der Waals surface area contributed by atoms with E-state index >= 15 is 0 Å². The largest absolute Gasteiger partial charge is 0.361 e. The highest BCUT2D eigenvalue weighted by Gasteiger charge is 2.41. The number of nitrogens with one attached hydrogen (secondary N) is 8. The Morgan fingerprint density at radius 1 is 0.589 bits per heavy atom. The van der Waals surface area contributed by atoms with E-state index in [-0.39, 0.29) is 23.9 Å². The summed E-state index contributed by atoms with van der Waals surface area (Å²) < 4.78 is 26.4. The minimum atomic E-state index is -0.755. The minimum absolute atomic E-state index is 0.0443. The molecule has 56 heavy (non-hydrogen) atoms. The molecular weight excluding hydrogens is 715 g/mol. The summed E-state index contributed by atoms with van der Waals surface area (Å²) in [5.41, 5.74) is 6.16. The first kappa shape index (κ1) is 34.9. The molecule has 0 saturated heterocycles. The van der Waals surface area contributed by atoms with E-state index in [2.05, 4.69) is 134 Å². The molecule has 0 unspecified atom stereocenters. The number of halogens is 2. The molecule has 6 atom stereocenters. The van der Waals surface area contributed by atoms with Crippen molar-refractivity contribution in [3.8, 4) is 0 Å². The number of benzene rings is 2. The average molecular weight is 755 g/mol. The SMILES string of the molecule is C[C@H](Nc1nccc(Nc2cc([C@@H]3C[C@@H]3F)[nH]n2)n1)c1ccc2[nH]ccc2c1.C[C@H](Nc1nccc(Nc2cc([C@H]3C[C@H]3F)[nH]n2)n1)c1ccc2[nH]ccc2c1. The molecule has 2 aliphatic carbocycles. The van der Waals surface area contributed by atoms with Crippen molar-refractivity contribution in [2.75, 3.05) is 21.3 Å². The molecule has 0 radical (unpaired) electrons. The molecule has 0 aliphatic heterocycles. The lowest BCUT2D eigenvalue weighted by molar-refractivity contribution is 0.466. The van der Waals surface area contributed by atoms with Crippen molar-refractivity contribution in [3.05, 3.63) is 120 Å². The number of H-pyrrole nitrogens is 4. The van der Waals surface area contributed by atoms with Crippen LogP contribution in [0.5, 0.6) is 0 Å². The number of aromatic amines is 4. The molecule has 0 bridgehead atoms. The minimum Gasteiger partial charge on any atom is -0.361 e. The normalized spacial score (nSPS) is 19.5. The molecule has 16 heteroatoms. The van der Waals surface area contributed by atoms with E-state index < -0.39 is 12.3 Å². The number of aromatic nitrogens is 10. The summed E-state index contributed by atoms with van der Waals surface area (Å²) in [6, 6.07) is 24.0. The van der Waals surface area contributed by atoms with Gasteiger partial charge >= 0.3 is 0 Å². The Morgan fingerprint density at radius 3 is 1.46 bits per heavy atom. The summed E-state index contributed by atoms with van der Waals surface area (Å²) in [7, 11) is 0. The number of anilines is 6. The summed E-state index contributed by atoms with van der Waals surface area (Å²) in [5.74, 6) is 3.41. The monoisotopic (exact) mass is 754 g/mol. The van der Waals surface area contributed by atoms with Crippen LogP contribution in [-0.4, -0.2) is 62.6 Å². The van der Waals surface area contributed by atoms with Gasteiger partial charge in [-0.25, -0.2) is 18.7 Å². The number of hydrogen-bond acceptors (Lipinski definition) is 10. The van der Waals surface area contributed by atoms with Crippen molar-refractivity contribution < 1.29 is 8.78 Å². The van der Waals surface area contributed by atoms with Gasteiger partial charge in [-0.2, -0.15) is 20.2 Å². The number of hydrogen-bond donors (Lipinski definition) is 8. The standard InChI is InChI=1S/2C20H20FN7/c2*1-11(12-2-3-16-13(8-12)4-6-22-16)24-20-23-7-5-18(26-20)25-19-10-17(27-28-19)14-9-15(14)21/h2*2-8,10-11,14-15,22H,9H2,1H3,(H3,23,24,25,26,27,28)/t11-,14+,15-;11-,14-,15+/m00/s1. The second kappa shape index (κ2) is 14.8. The predicted octanol–water partition coefficient (Wildman–Crippen LogP) is 8.85. The quantitative estimate of drug-likeness (QED) is 0.0598. The van der Waals surface area contributed by atoms with Gasteiger partial charge in [0.1, 0.15) is 24.0 Å². The Balaban J connectivity index is 0.000000146. The molecule has 284 valence electrons. The van der Waals surface area contributed by atoms with Crippen LogP contribution in [0.4, 0.5) is 43.9 Å². The first-order valence-electron chi connectivity index (χ1n) is 18.6. The summed E-state index contributed by atoms with van der Waals surface area (Å²) in [6.07, 6.45) is 6.86. The lowest BCUT2D eigenvalue weighted by Gasteiger charge is -2.15. The van der Waals surface area contributed by atoms with Crippen molar-refractivity contribution >= 4 is 57.0 Å². The zero-order chi connectivity index (χ0) is 38.2.